The van der Waals surface area contributed by atoms with E-state index in [4.69, 9.17) is 39.4 Å². The maximum absolute atomic E-state index is 10.2. The van der Waals surface area contributed by atoms with Crippen molar-refractivity contribution in [2.45, 2.75) is 23.1 Å². The standard InChI is InChI=1S/C5H9Cl3O3S/c6-5(7,8)3-1-2-4-12(9,10)11/h1-4H2,(H,9,10,11). The van der Waals surface area contributed by atoms with Crippen molar-refractivity contribution in [2.24, 2.45) is 0 Å². The van der Waals surface area contributed by atoms with Crippen LogP contribution < -0.4 is 0 Å². The van der Waals surface area contributed by atoms with Gasteiger partial charge in [0.2, 0.25) is 0 Å². The molecule has 0 saturated carbocycles. The predicted molar refractivity (Wildman–Crippen MR) is 50.6 cm³/mol. The van der Waals surface area contributed by atoms with Crippen LogP contribution in [-0.2, 0) is 10.1 Å². The van der Waals surface area contributed by atoms with Gasteiger partial charge in [0.25, 0.3) is 10.1 Å². The summed E-state index contributed by atoms with van der Waals surface area (Å²) in [5.74, 6) is -0.284. The molecule has 0 saturated heterocycles. The summed E-state index contributed by atoms with van der Waals surface area (Å²) in [5.41, 5.74) is 0. The Labute approximate surface area is 86.7 Å². The predicted octanol–water partition coefficient (Wildman–Crippen LogP) is 2.41. The zero-order valence-electron chi connectivity index (χ0n) is 6.13. The number of unbranched alkanes of at least 4 members (excludes halogenated alkanes) is 1. The second-order valence-corrected chi connectivity index (χ2v) is 6.45. The molecule has 0 spiro atoms. The van der Waals surface area contributed by atoms with Crippen molar-refractivity contribution in [3.63, 3.8) is 0 Å². The van der Waals surface area contributed by atoms with Crippen molar-refractivity contribution in [1.82, 2.24) is 0 Å². The summed E-state index contributed by atoms with van der Waals surface area (Å²) in [6, 6.07) is 0. The molecule has 0 aliphatic carbocycles. The average molecular weight is 256 g/mol. The highest BCUT2D eigenvalue weighted by atomic mass is 35.6. The van der Waals surface area contributed by atoms with Gasteiger partial charge in [-0.2, -0.15) is 8.42 Å². The lowest BCUT2D eigenvalue weighted by Gasteiger charge is -2.08. The van der Waals surface area contributed by atoms with Crippen LogP contribution in [0.5, 0.6) is 0 Å². The van der Waals surface area contributed by atoms with E-state index in [1.54, 1.807) is 0 Å². The summed E-state index contributed by atoms with van der Waals surface area (Å²) in [4.78, 5) is 0. The van der Waals surface area contributed by atoms with Crippen LogP contribution in [0.1, 0.15) is 19.3 Å². The fourth-order valence-corrected chi connectivity index (χ4v) is 1.58. The molecular weight excluding hydrogens is 246 g/mol. The molecule has 0 amide bonds. The third-order valence-electron chi connectivity index (χ3n) is 1.11. The first-order chi connectivity index (χ1) is 5.21. The Morgan fingerprint density at radius 3 is 2.00 bits per heavy atom. The molecule has 0 heterocycles. The molecule has 0 bridgehead atoms. The monoisotopic (exact) mass is 254 g/mol. The van der Waals surface area contributed by atoms with Gasteiger partial charge < -0.3 is 0 Å². The molecule has 0 unspecified atom stereocenters. The van der Waals surface area contributed by atoms with Crippen LogP contribution >= 0.6 is 34.8 Å². The summed E-state index contributed by atoms with van der Waals surface area (Å²) < 4.78 is 27.4. The minimum absolute atomic E-state index is 0.284. The van der Waals surface area contributed by atoms with E-state index >= 15 is 0 Å². The lowest BCUT2D eigenvalue weighted by Crippen LogP contribution is -2.06. The van der Waals surface area contributed by atoms with Gasteiger partial charge in [-0.05, 0) is 19.3 Å². The smallest absolute Gasteiger partial charge is 0.264 e. The topological polar surface area (TPSA) is 54.4 Å². The van der Waals surface area contributed by atoms with Gasteiger partial charge >= 0.3 is 0 Å². The Hall–Kier alpha value is 0.780. The number of halogens is 3. The van der Waals surface area contributed by atoms with E-state index in [-0.39, 0.29) is 12.2 Å². The molecule has 0 atom stereocenters. The Balaban J connectivity index is 3.48. The Morgan fingerprint density at radius 1 is 1.17 bits per heavy atom. The second kappa shape index (κ2) is 4.86. The van der Waals surface area contributed by atoms with E-state index in [1.165, 1.54) is 0 Å². The summed E-state index contributed by atoms with van der Waals surface area (Å²) in [6.45, 7) is 0. The summed E-state index contributed by atoms with van der Waals surface area (Å²) >= 11 is 16.2. The maximum atomic E-state index is 10.2. The van der Waals surface area contributed by atoms with E-state index in [0.717, 1.165) is 0 Å². The van der Waals surface area contributed by atoms with E-state index in [1.807, 2.05) is 0 Å². The minimum atomic E-state index is -3.87. The zero-order valence-corrected chi connectivity index (χ0v) is 9.22. The lowest BCUT2D eigenvalue weighted by molar-refractivity contribution is 0.479. The summed E-state index contributed by atoms with van der Waals surface area (Å²) in [5, 5.41) is 0. The highest BCUT2D eigenvalue weighted by Gasteiger charge is 2.18. The average Bonchev–Trinajstić information content (AvgIpc) is 1.76. The first-order valence-electron chi connectivity index (χ1n) is 3.23. The molecule has 3 nitrogen and oxygen atoms in total. The van der Waals surface area contributed by atoms with Gasteiger partial charge in [-0.3, -0.25) is 4.55 Å². The third kappa shape index (κ3) is 10.8. The molecule has 1 N–H and O–H groups in total. The number of rotatable bonds is 4. The molecule has 0 aromatic carbocycles. The molecule has 0 aliphatic rings. The van der Waals surface area contributed by atoms with Crippen LogP contribution in [0.25, 0.3) is 0 Å². The van der Waals surface area contributed by atoms with Gasteiger partial charge in [0.1, 0.15) is 0 Å². The van der Waals surface area contributed by atoms with Gasteiger partial charge in [0.15, 0.2) is 3.79 Å². The van der Waals surface area contributed by atoms with Crippen molar-refractivity contribution in [1.29, 1.82) is 0 Å². The van der Waals surface area contributed by atoms with Crippen molar-refractivity contribution in [2.75, 3.05) is 5.75 Å². The SMILES string of the molecule is O=S(=O)(O)CCCCC(Cl)(Cl)Cl. The number of hydrogen-bond acceptors (Lipinski definition) is 2. The molecule has 7 heteroatoms. The van der Waals surface area contributed by atoms with Gasteiger partial charge in [-0.15, -0.1) is 0 Å². The van der Waals surface area contributed by atoms with E-state index in [9.17, 15) is 8.42 Å². The normalized spacial score (nSPS) is 13.3. The summed E-state index contributed by atoms with van der Waals surface area (Å²) in [6.07, 6.45) is 1.04. The summed E-state index contributed by atoms with van der Waals surface area (Å²) in [7, 11) is -3.87. The quantitative estimate of drug-likeness (QED) is 0.477. The van der Waals surface area contributed by atoms with E-state index in [2.05, 4.69) is 0 Å². The largest absolute Gasteiger partial charge is 0.286 e. The van der Waals surface area contributed by atoms with Crippen LogP contribution in [0.4, 0.5) is 0 Å². The van der Waals surface area contributed by atoms with Gasteiger partial charge in [-0.1, -0.05) is 34.8 Å². The Morgan fingerprint density at radius 2 is 1.67 bits per heavy atom. The lowest BCUT2D eigenvalue weighted by atomic mass is 10.3. The van der Waals surface area contributed by atoms with Crippen LogP contribution in [-0.4, -0.2) is 22.5 Å². The molecule has 0 aliphatic heterocycles. The fraction of sp³-hybridized carbons (Fsp3) is 1.00. The molecule has 12 heavy (non-hydrogen) atoms. The Bertz CT molecular complexity index is 219. The Kier molecular flexibility index (Phi) is 5.18. The van der Waals surface area contributed by atoms with Crippen LogP contribution in [0, 0.1) is 0 Å². The van der Waals surface area contributed by atoms with Crippen LogP contribution in [0.15, 0.2) is 0 Å². The van der Waals surface area contributed by atoms with Crippen LogP contribution in [0.3, 0.4) is 0 Å². The molecule has 0 radical (unpaired) electrons. The fourth-order valence-electron chi connectivity index (χ4n) is 0.610. The van der Waals surface area contributed by atoms with Crippen molar-refractivity contribution in [3.05, 3.63) is 0 Å². The van der Waals surface area contributed by atoms with E-state index in [0.29, 0.717) is 12.8 Å². The van der Waals surface area contributed by atoms with Crippen molar-refractivity contribution in [3.8, 4) is 0 Å². The molecular formula is C5H9Cl3O3S. The first-order valence-corrected chi connectivity index (χ1v) is 5.97. The molecule has 0 rings (SSSR count). The van der Waals surface area contributed by atoms with E-state index < -0.39 is 13.9 Å². The highest BCUT2D eigenvalue weighted by Crippen LogP contribution is 2.31. The van der Waals surface area contributed by atoms with Crippen molar-refractivity contribution < 1.29 is 13.0 Å². The highest BCUT2D eigenvalue weighted by molar-refractivity contribution is 7.85. The zero-order chi connectivity index (χ0) is 9.83. The molecule has 0 aromatic rings. The third-order valence-corrected chi connectivity index (χ3v) is 2.48. The van der Waals surface area contributed by atoms with Crippen molar-refractivity contribution >= 4 is 44.9 Å². The first kappa shape index (κ1) is 12.8. The second-order valence-electron chi connectivity index (χ2n) is 2.36. The van der Waals surface area contributed by atoms with Gasteiger partial charge in [0.05, 0.1) is 5.75 Å². The molecule has 0 aromatic heterocycles. The van der Waals surface area contributed by atoms with Crippen LogP contribution in [0.2, 0.25) is 0 Å². The number of alkyl halides is 3. The minimum Gasteiger partial charge on any atom is -0.286 e. The maximum Gasteiger partial charge on any atom is 0.264 e. The number of hydrogen-bond donors (Lipinski definition) is 1. The molecule has 74 valence electrons. The van der Waals surface area contributed by atoms with Gasteiger partial charge in [-0.25, -0.2) is 0 Å². The molecule has 0 fully saturated rings. The van der Waals surface area contributed by atoms with Gasteiger partial charge in [0, 0.05) is 0 Å².